The molecule has 0 radical (unpaired) electrons. The van der Waals surface area contributed by atoms with Crippen LogP contribution in [-0.2, 0) is 0 Å². The first-order valence-electron chi connectivity index (χ1n) is 5.26. The minimum Gasteiger partial charge on any atom is -0.406 e. The summed E-state index contributed by atoms with van der Waals surface area (Å²) in [4.78, 5) is 2.00. The molecule has 0 spiro atoms. The molecule has 1 aromatic heterocycles. The van der Waals surface area contributed by atoms with Crippen LogP contribution < -0.4 is 4.90 Å². The number of alkyl halides is 1. The zero-order valence-corrected chi connectivity index (χ0v) is 10.0. The molecular formula is C10H16ClN3O. The largest absolute Gasteiger partial charge is 0.406 e. The second-order valence-corrected chi connectivity index (χ2v) is 5.05. The molecule has 3 unspecified atom stereocenters. The van der Waals surface area contributed by atoms with E-state index in [9.17, 15) is 0 Å². The van der Waals surface area contributed by atoms with Crippen LogP contribution in [0.25, 0.3) is 0 Å². The van der Waals surface area contributed by atoms with Gasteiger partial charge in [-0.2, -0.15) is 0 Å². The number of nitrogens with zero attached hydrogens (tertiary/aromatic N) is 3. The lowest BCUT2D eigenvalue weighted by Gasteiger charge is -2.12. The molecule has 1 fully saturated rings. The fourth-order valence-electron chi connectivity index (χ4n) is 1.62. The highest BCUT2D eigenvalue weighted by Gasteiger charge is 2.34. The van der Waals surface area contributed by atoms with Gasteiger partial charge in [-0.1, -0.05) is 12.0 Å². The average molecular weight is 230 g/mol. The summed E-state index contributed by atoms with van der Waals surface area (Å²) < 4.78 is 5.44. The molecule has 1 aromatic rings. The van der Waals surface area contributed by atoms with Crippen LogP contribution in [0.2, 0.25) is 0 Å². The van der Waals surface area contributed by atoms with Crippen LogP contribution in [0, 0.1) is 11.8 Å². The Hall–Kier alpha value is -0.770. The molecule has 1 aliphatic carbocycles. The van der Waals surface area contributed by atoms with Crippen LogP contribution in [0.15, 0.2) is 4.42 Å². The molecule has 3 atom stereocenters. The summed E-state index contributed by atoms with van der Waals surface area (Å²) in [7, 11) is 1.97. The second-order valence-electron chi connectivity index (χ2n) is 4.39. The van der Waals surface area contributed by atoms with Crippen molar-refractivity contribution < 1.29 is 4.42 Å². The Labute approximate surface area is 94.6 Å². The van der Waals surface area contributed by atoms with Crippen LogP contribution >= 0.6 is 11.6 Å². The topological polar surface area (TPSA) is 42.2 Å². The van der Waals surface area contributed by atoms with Crippen LogP contribution in [0.5, 0.6) is 0 Å². The van der Waals surface area contributed by atoms with E-state index in [1.54, 1.807) is 0 Å². The molecular weight excluding hydrogens is 214 g/mol. The van der Waals surface area contributed by atoms with Crippen molar-refractivity contribution in [1.82, 2.24) is 10.2 Å². The Kier molecular flexibility index (Phi) is 2.87. The molecule has 0 aliphatic heterocycles. The Morgan fingerprint density at radius 2 is 2.27 bits per heavy atom. The van der Waals surface area contributed by atoms with Gasteiger partial charge in [-0.25, -0.2) is 0 Å². The van der Waals surface area contributed by atoms with Gasteiger partial charge in [-0.3, -0.25) is 0 Å². The van der Waals surface area contributed by atoms with E-state index in [0.717, 1.165) is 18.4 Å². The monoisotopic (exact) mass is 229 g/mol. The number of hydrogen-bond donors (Lipinski definition) is 0. The lowest BCUT2D eigenvalue weighted by atomic mass is 10.3. The van der Waals surface area contributed by atoms with E-state index in [4.69, 9.17) is 16.0 Å². The maximum atomic E-state index is 5.85. The van der Waals surface area contributed by atoms with Gasteiger partial charge in [0.1, 0.15) is 5.38 Å². The van der Waals surface area contributed by atoms with Crippen molar-refractivity contribution in [3.8, 4) is 0 Å². The van der Waals surface area contributed by atoms with Gasteiger partial charge in [0.2, 0.25) is 5.89 Å². The van der Waals surface area contributed by atoms with Crippen molar-refractivity contribution in [2.75, 3.05) is 18.5 Å². The maximum absolute atomic E-state index is 5.85. The van der Waals surface area contributed by atoms with Gasteiger partial charge in [0.15, 0.2) is 0 Å². The molecule has 1 aliphatic rings. The van der Waals surface area contributed by atoms with Crippen molar-refractivity contribution in [1.29, 1.82) is 0 Å². The van der Waals surface area contributed by atoms with Gasteiger partial charge in [0.05, 0.1) is 0 Å². The Morgan fingerprint density at radius 1 is 1.60 bits per heavy atom. The number of rotatable bonds is 4. The number of halogens is 1. The summed E-state index contributed by atoms with van der Waals surface area (Å²) in [5, 5.41) is 7.64. The van der Waals surface area contributed by atoms with Crippen LogP contribution in [0.1, 0.15) is 31.5 Å². The highest BCUT2D eigenvalue weighted by molar-refractivity contribution is 6.20. The first-order chi connectivity index (χ1) is 7.08. The van der Waals surface area contributed by atoms with Gasteiger partial charge in [-0.05, 0) is 25.2 Å². The quantitative estimate of drug-likeness (QED) is 0.744. The smallest absolute Gasteiger partial charge is 0.317 e. The maximum Gasteiger partial charge on any atom is 0.317 e. The highest BCUT2D eigenvalue weighted by Crippen LogP contribution is 2.38. The van der Waals surface area contributed by atoms with Gasteiger partial charge in [0, 0.05) is 13.6 Å². The molecule has 0 aromatic carbocycles. The molecule has 0 saturated heterocycles. The number of aromatic nitrogens is 2. The van der Waals surface area contributed by atoms with Gasteiger partial charge in [-0.15, -0.1) is 16.7 Å². The summed E-state index contributed by atoms with van der Waals surface area (Å²) in [5.74, 6) is 2.10. The third-order valence-corrected chi connectivity index (χ3v) is 3.07. The summed E-state index contributed by atoms with van der Waals surface area (Å²) in [5.41, 5.74) is 0. The van der Waals surface area contributed by atoms with Crippen LogP contribution in [0.4, 0.5) is 6.01 Å². The SMILES string of the molecule is CC(Cl)c1nnc(N(C)CC2CC2C)o1. The molecule has 0 N–H and O–H groups in total. The summed E-state index contributed by atoms with van der Waals surface area (Å²) in [6.45, 7) is 5.07. The fraction of sp³-hybridized carbons (Fsp3) is 0.800. The lowest BCUT2D eigenvalue weighted by molar-refractivity contribution is 0.486. The average Bonchev–Trinajstić information content (AvgIpc) is 2.71. The van der Waals surface area contributed by atoms with E-state index in [0.29, 0.717) is 11.9 Å². The molecule has 5 heteroatoms. The van der Waals surface area contributed by atoms with Crippen molar-refractivity contribution in [3.05, 3.63) is 5.89 Å². The van der Waals surface area contributed by atoms with E-state index in [1.165, 1.54) is 6.42 Å². The zero-order chi connectivity index (χ0) is 11.0. The minimum atomic E-state index is -0.223. The molecule has 0 amide bonds. The summed E-state index contributed by atoms with van der Waals surface area (Å²) in [6, 6.07) is 0.566. The van der Waals surface area contributed by atoms with Gasteiger partial charge >= 0.3 is 6.01 Å². The predicted octanol–water partition coefficient (Wildman–Crippen LogP) is 2.46. The first kappa shape index (κ1) is 10.7. The lowest BCUT2D eigenvalue weighted by Crippen LogP contribution is -2.20. The van der Waals surface area contributed by atoms with E-state index in [2.05, 4.69) is 17.1 Å². The summed E-state index contributed by atoms with van der Waals surface area (Å²) in [6.07, 6.45) is 1.30. The molecule has 0 bridgehead atoms. The molecule has 2 rings (SSSR count). The standard InChI is InChI=1S/C10H16ClN3O/c1-6-4-8(6)5-14(3)10-13-12-9(15-10)7(2)11/h6-8H,4-5H2,1-3H3. The summed E-state index contributed by atoms with van der Waals surface area (Å²) >= 11 is 5.85. The zero-order valence-electron chi connectivity index (χ0n) is 9.27. The molecule has 1 heterocycles. The predicted molar refractivity (Wildman–Crippen MR) is 59.1 cm³/mol. The normalized spacial score (nSPS) is 26.4. The molecule has 84 valence electrons. The number of anilines is 1. The first-order valence-corrected chi connectivity index (χ1v) is 5.70. The Balaban J connectivity index is 1.96. The second kappa shape index (κ2) is 4.00. The van der Waals surface area contributed by atoms with Crippen molar-refractivity contribution in [2.24, 2.45) is 11.8 Å². The van der Waals surface area contributed by atoms with E-state index < -0.39 is 0 Å². The van der Waals surface area contributed by atoms with Crippen molar-refractivity contribution in [3.63, 3.8) is 0 Å². The Bertz CT molecular complexity index is 339. The van der Waals surface area contributed by atoms with Crippen LogP contribution in [-0.4, -0.2) is 23.8 Å². The fourth-order valence-corrected chi connectivity index (χ4v) is 1.71. The molecule has 1 saturated carbocycles. The van der Waals surface area contributed by atoms with Crippen molar-refractivity contribution >= 4 is 17.6 Å². The third-order valence-electron chi connectivity index (χ3n) is 2.88. The Morgan fingerprint density at radius 3 is 2.73 bits per heavy atom. The van der Waals surface area contributed by atoms with Crippen LogP contribution in [0.3, 0.4) is 0 Å². The minimum absolute atomic E-state index is 0.223. The van der Waals surface area contributed by atoms with E-state index >= 15 is 0 Å². The molecule has 4 nitrogen and oxygen atoms in total. The van der Waals surface area contributed by atoms with E-state index in [-0.39, 0.29) is 5.38 Å². The van der Waals surface area contributed by atoms with E-state index in [1.807, 2.05) is 18.9 Å². The highest BCUT2D eigenvalue weighted by atomic mass is 35.5. The molecule has 15 heavy (non-hydrogen) atoms. The van der Waals surface area contributed by atoms with Gasteiger partial charge in [0.25, 0.3) is 0 Å². The third kappa shape index (κ3) is 2.43. The van der Waals surface area contributed by atoms with Crippen molar-refractivity contribution in [2.45, 2.75) is 25.6 Å². The number of hydrogen-bond acceptors (Lipinski definition) is 4. The van der Waals surface area contributed by atoms with Gasteiger partial charge < -0.3 is 9.32 Å².